The minimum Gasteiger partial charge on any atom is -0.378 e. The highest BCUT2D eigenvalue weighted by Gasteiger charge is 2.29. The lowest BCUT2D eigenvalue weighted by Crippen LogP contribution is -3.15. The molecule has 1 heterocycles. The monoisotopic (exact) mass is 399 g/mol. The van der Waals surface area contributed by atoms with Crippen molar-refractivity contribution in [1.82, 2.24) is 5.32 Å². The second kappa shape index (κ2) is 9.74. The molecule has 1 atom stereocenters. The molecule has 5 nitrogen and oxygen atoms in total. The Morgan fingerprint density at radius 2 is 1.72 bits per heavy atom. The van der Waals surface area contributed by atoms with Gasteiger partial charge in [0.05, 0.1) is 32.7 Å². The van der Waals surface area contributed by atoms with Gasteiger partial charge in [-0.1, -0.05) is 19.1 Å². The molecule has 1 aliphatic rings. The van der Waals surface area contributed by atoms with Crippen molar-refractivity contribution in [1.29, 1.82) is 0 Å². The number of carbonyl (C=O) groups is 1. The van der Waals surface area contributed by atoms with Crippen LogP contribution in [-0.2, 0) is 4.79 Å². The minimum absolute atomic E-state index is 0.0873. The quantitative estimate of drug-likeness (QED) is 0.747. The SMILES string of the molecule is CCC(=O)NC[C@@H](c1ccc(N(C)C)cc1)[NH+]1CCN(c2ccc(F)cc2)CC1. The van der Waals surface area contributed by atoms with Crippen molar-refractivity contribution in [2.75, 3.05) is 56.6 Å². The standard InChI is InChI=1S/C23H31FN4O/c1-4-23(29)25-17-22(18-5-9-20(10-6-18)26(2)3)28-15-13-27(14-16-28)21-11-7-19(24)8-12-21/h5-12,22H,4,13-17H2,1-3H3,(H,25,29)/p+1/t22-/m0/s1. The first-order valence-electron chi connectivity index (χ1n) is 10.4. The number of benzene rings is 2. The van der Waals surface area contributed by atoms with Crippen LogP contribution >= 0.6 is 0 Å². The molecule has 2 aromatic rings. The zero-order valence-electron chi connectivity index (χ0n) is 17.6. The number of quaternary nitrogens is 1. The van der Waals surface area contributed by atoms with Crippen molar-refractivity contribution in [2.24, 2.45) is 0 Å². The molecule has 0 aromatic heterocycles. The Hall–Kier alpha value is -2.60. The smallest absolute Gasteiger partial charge is 0.219 e. The van der Waals surface area contributed by atoms with Crippen molar-refractivity contribution in [3.8, 4) is 0 Å². The molecule has 1 saturated heterocycles. The normalized spacial score (nSPS) is 15.8. The molecular formula is C23H32FN4O+. The summed E-state index contributed by atoms with van der Waals surface area (Å²) in [6.07, 6.45) is 0.500. The van der Waals surface area contributed by atoms with Crippen LogP contribution in [0.15, 0.2) is 48.5 Å². The minimum atomic E-state index is -0.203. The maximum absolute atomic E-state index is 13.2. The Morgan fingerprint density at radius 3 is 2.28 bits per heavy atom. The van der Waals surface area contributed by atoms with Gasteiger partial charge in [-0.15, -0.1) is 0 Å². The van der Waals surface area contributed by atoms with Crippen molar-refractivity contribution in [3.05, 3.63) is 59.9 Å². The molecule has 6 heteroatoms. The molecule has 0 aliphatic carbocycles. The average Bonchev–Trinajstić information content (AvgIpc) is 2.75. The summed E-state index contributed by atoms with van der Waals surface area (Å²) in [6, 6.07) is 15.6. The number of nitrogens with zero attached hydrogens (tertiary/aromatic N) is 2. The van der Waals surface area contributed by atoms with E-state index in [9.17, 15) is 9.18 Å². The van der Waals surface area contributed by atoms with Crippen molar-refractivity contribution < 1.29 is 14.1 Å². The average molecular weight is 400 g/mol. The summed E-state index contributed by atoms with van der Waals surface area (Å²) in [5, 5.41) is 3.09. The van der Waals surface area contributed by atoms with Crippen LogP contribution in [0.1, 0.15) is 24.9 Å². The van der Waals surface area contributed by atoms with E-state index in [0.29, 0.717) is 13.0 Å². The van der Waals surface area contributed by atoms with E-state index in [4.69, 9.17) is 0 Å². The van der Waals surface area contributed by atoms with E-state index in [1.807, 2.05) is 33.2 Å². The predicted molar refractivity (Wildman–Crippen MR) is 116 cm³/mol. The first-order valence-corrected chi connectivity index (χ1v) is 10.4. The number of halogens is 1. The molecule has 29 heavy (non-hydrogen) atoms. The highest BCUT2D eigenvalue weighted by atomic mass is 19.1. The maximum Gasteiger partial charge on any atom is 0.219 e. The summed E-state index contributed by atoms with van der Waals surface area (Å²) in [6.45, 7) is 6.29. The van der Waals surface area contributed by atoms with Crippen LogP contribution in [0.3, 0.4) is 0 Å². The van der Waals surface area contributed by atoms with Gasteiger partial charge in [0.1, 0.15) is 11.9 Å². The summed E-state index contributed by atoms with van der Waals surface area (Å²) < 4.78 is 13.2. The molecule has 0 spiro atoms. The molecule has 156 valence electrons. The number of carbonyl (C=O) groups excluding carboxylic acids is 1. The number of amides is 1. The maximum atomic E-state index is 13.2. The van der Waals surface area contributed by atoms with E-state index in [2.05, 4.69) is 39.4 Å². The van der Waals surface area contributed by atoms with Gasteiger partial charge in [-0.05, 0) is 36.4 Å². The van der Waals surface area contributed by atoms with Gasteiger partial charge in [-0.2, -0.15) is 0 Å². The van der Waals surface area contributed by atoms with E-state index in [1.165, 1.54) is 28.3 Å². The third-order valence-electron chi connectivity index (χ3n) is 5.73. The molecule has 0 radical (unpaired) electrons. The largest absolute Gasteiger partial charge is 0.378 e. The molecule has 1 fully saturated rings. The first-order chi connectivity index (χ1) is 14.0. The predicted octanol–water partition coefficient (Wildman–Crippen LogP) is 1.86. The topological polar surface area (TPSA) is 40.0 Å². The summed E-state index contributed by atoms with van der Waals surface area (Å²) in [5.74, 6) is -0.116. The van der Waals surface area contributed by atoms with Crippen molar-refractivity contribution in [3.63, 3.8) is 0 Å². The summed E-state index contributed by atoms with van der Waals surface area (Å²) >= 11 is 0. The number of hydrogen-bond acceptors (Lipinski definition) is 3. The fourth-order valence-corrected chi connectivity index (χ4v) is 3.90. The van der Waals surface area contributed by atoms with Gasteiger partial charge in [-0.25, -0.2) is 4.39 Å². The summed E-state index contributed by atoms with van der Waals surface area (Å²) in [5.41, 5.74) is 3.48. The Morgan fingerprint density at radius 1 is 1.10 bits per heavy atom. The molecular weight excluding hydrogens is 367 g/mol. The molecule has 0 unspecified atom stereocenters. The lowest BCUT2D eigenvalue weighted by Gasteiger charge is -2.38. The van der Waals surface area contributed by atoms with E-state index in [1.54, 1.807) is 0 Å². The highest BCUT2D eigenvalue weighted by molar-refractivity contribution is 5.75. The fraction of sp³-hybridized carbons (Fsp3) is 0.435. The first kappa shape index (κ1) is 21.1. The van der Waals surface area contributed by atoms with Crippen LogP contribution in [0.25, 0.3) is 0 Å². The van der Waals surface area contributed by atoms with Crippen LogP contribution in [0.4, 0.5) is 15.8 Å². The molecule has 1 amide bonds. The molecule has 0 bridgehead atoms. The van der Waals surface area contributed by atoms with E-state index in [0.717, 1.165) is 31.9 Å². The van der Waals surface area contributed by atoms with E-state index in [-0.39, 0.29) is 17.8 Å². The number of hydrogen-bond donors (Lipinski definition) is 2. The Kier molecular flexibility index (Phi) is 7.09. The molecule has 3 rings (SSSR count). The Labute approximate surface area is 173 Å². The lowest BCUT2D eigenvalue weighted by molar-refractivity contribution is -0.931. The van der Waals surface area contributed by atoms with Gasteiger partial charge in [0, 0.05) is 37.5 Å². The Bertz CT molecular complexity index is 784. The molecule has 1 aliphatic heterocycles. The molecule has 2 aromatic carbocycles. The lowest BCUT2D eigenvalue weighted by atomic mass is 10.0. The molecule has 0 saturated carbocycles. The number of anilines is 2. The van der Waals surface area contributed by atoms with Gasteiger partial charge in [0.2, 0.25) is 5.91 Å². The molecule has 2 N–H and O–H groups in total. The second-order valence-electron chi connectivity index (χ2n) is 7.82. The summed E-state index contributed by atoms with van der Waals surface area (Å²) in [7, 11) is 4.07. The third kappa shape index (κ3) is 5.48. The van der Waals surface area contributed by atoms with E-state index >= 15 is 0 Å². The van der Waals surface area contributed by atoms with E-state index < -0.39 is 0 Å². The zero-order valence-corrected chi connectivity index (χ0v) is 17.6. The van der Waals surface area contributed by atoms with Gasteiger partial charge in [0.15, 0.2) is 0 Å². The van der Waals surface area contributed by atoms with Crippen molar-refractivity contribution >= 4 is 17.3 Å². The van der Waals surface area contributed by atoms with Crippen LogP contribution in [0.5, 0.6) is 0 Å². The van der Waals surface area contributed by atoms with Crippen LogP contribution in [-0.4, -0.2) is 52.7 Å². The van der Waals surface area contributed by atoms with Crippen LogP contribution < -0.4 is 20.0 Å². The van der Waals surface area contributed by atoms with Crippen molar-refractivity contribution in [2.45, 2.75) is 19.4 Å². The van der Waals surface area contributed by atoms with Gasteiger partial charge in [-0.3, -0.25) is 4.79 Å². The van der Waals surface area contributed by atoms with Crippen LogP contribution in [0, 0.1) is 5.82 Å². The van der Waals surface area contributed by atoms with Gasteiger partial charge >= 0.3 is 0 Å². The fourth-order valence-electron chi connectivity index (χ4n) is 3.90. The summed E-state index contributed by atoms with van der Waals surface area (Å²) in [4.78, 5) is 17.7. The second-order valence-corrected chi connectivity index (χ2v) is 7.82. The zero-order chi connectivity index (χ0) is 20.8. The van der Waals surface area contributed by atoms with Gasteiger partial charge < -0.3 is 20.0 Å². The number of piperazine rings is 1. The van der Waals surface area contributed by atoms with Crippen LogP contribution in [0.2, 0.25) is 0 Å². The number of rotatable bonds is 7. The Balaban J connectivity index is 1.70. The van der Waals surface area contributed by atoms with Gasteiger partial charge in [0.25, 0.3) is 0 Å². The highest BCUT2D eigenvalue weighted by Crippen LogP contribution is 2.18. The third-order valence-corrected chi connectivity index (χ3v) is 5.73. The number of nitrogens with one attached hydrogen (secondary N) is 2.